The number of aliphatic hydroxyl groups is 1. The van der Waals surface area contributed by atoms with E-state index in [1.165, 1.54) is 0 Å². The third kappa shape index (κ3) is 3.63. The van der Waals surface area contributed by atoms with E-state index in [1.807, 2.05) is 6.07 Å². The van der Waals surface area contributed by atoms with E-state index < -0.39 is 23.7 Å². The van der Waals surface area contributed by atoms with Gasteiger partial charge in [-0.15, -0.1) is 0 Å². The summed E-state index contributed by atoms with van der Waals surface area (Å²) in [5, 5.41) is 10.2. The Kier molecular flexibility index (Phi) is 4.39. The molecular formula is C15H11BrF4O. The van der Waals surface area contributed by atoms with Gasteiger partial charge in [-0.05, 0) is 47.9 Å². The summed E-state index contributed by atoms with van der Waals surface area (Å²) >= 11 is 3.26. The van der Waals surface area contributed by atoms with Gasteiger partial charge in [-0.3, -0.25) is 0 Å². The zero-order valence-electron chi connectivity index (χ0n) is 10.9. The smallest absolute Gasteiger partial charge is 0.384 e. The molecule has 0 saturated heterocycles. The molecule has 0 saturated carbocycles. The Labute approximate surface area is 127 Å². The summed E-state index contributed by atoms with van der Waals surface area (Å²) in [6.07, 6.45) is -6.06. The van der Waals surface area contributed by atoms with Gasteiger partial charge in [-0.1, -0.05) is 28.1 Å². The summed E-state index contributed by atoms with van der Waals surface area (Å²) in [6, 6.07) is 7.57. The third-order valence-electron chi connectivity index (χ3n) is 2.99. The third-order valence-corrected chi connectivity index (χ3v) is 3.45. The van der Waals surface area contributed by atoms with Gasteiger partial charge in [-0.25, -0.2) is 4.39 Å². The average Bonchev–Trinajstić information content (AvgIpc) is 2.36. The van der Waals surface area contributed by atoms with Crippen molar-refractivity contribution in [3.8, 4) is 0 Å². The van der Waals surface area contributed by atoms with Crippen LogP contribution in [0.25, 0.3) is 0 Å². The number of halogens is 5. The summed E-state index contributed by atoms with van der Waals surface area (Å²) in [6.45, 7) is 1.80. The van der Waals surface area contributed by atoms with Gasteiger partial charge in [0.2, 0.25) is 0 Å². The van der Waals surface area contributed by atoms with Gasteiger partial charge in [0.25, 0.3) is 0 Å². The summed E-state index contributed by atoms with van der Waals surface area (Å²) in [5.74, 6) is -1.36. The van der Waals surface area contributed by atoms with Crippen molar-refractivity contribution in [2.45, 2.75) is 19.2 Å². The van der Waals surface area contributed by atoms with Crippen LogP contribution in [0.1, 0.15) is 28.4 Å². The Morgan fingerprint density at radius 3 is 2.29 bits per heavy atom. The molecule has 2 rings (SSSR count). The Morgan fingerprint density at radius 1 is 1.05 bits per heavy atom. The molecule has 1 nitrogen and oxygen atoms in total. The molecule has 112 valence electrons. The second-order valence-electron chi connectivity index (χ2n) is 4.70. The molecule has 0 radical (unpaired) electrons. The first-order valence-electron chi connectivity index (χ1n) is 6.00. The van der Waals surface area contributed by atoms with E-state index in [0.717, 1.165) is 11.6 Å². The zero-order chi connectivity index (χ0) is 15.8. The molecule has 1 atom stereocenters. The van der Waals surface area contributed by atoms with E-state index in [1.54, 1.807) is 19.1 Å². The number of benzene rings is 2. The summed E-state index contributed by atoms with van der Waals surface area (Å²) < 4.78 is 52.0. The highest BCUT2D eigenvalue weighted by Crippen LogP contribution is 2.34. The fraction of sp³-hybridized carbons (Fsp3) is 0.200. The molecule has 0 aliphatic heterocycles. The van der Waals surface area contributed by atoms with Crippen LogP contribution in [0.3, 0.4) is 0 Å². The molecule has 0 heterocycles. The monoisotopic (exact) mass is 362 g/mol. The lowest BCUT2D eigenvalue weighted by molar-refractivity contribution is -0.140. The Hall–Kier alpha value is -1.40. The minimum absolute atomic E-state index is 0.0128. The van der Waals surface area contributed by atoms with Gasteiger partial charge in [0.15, 0.2) is 0 Å². The van der Waals surface area contributed by atoms with Crippen LogP contribution in [0.15, 0.2) is 40.9 Å². The molecule has 2 aromatic rings. The fourth-order valence-corrected chi connectivity index (χ4v) is 2.67. The summed E-state index contributed by atoms with van der Waals surface area (Å²) in [5.41, 5.74) is -0.120. The average molecular weight is 363 g/mol. The molecule has 6 heteroatoms. The quantitative estimate of drug-likeness (QED) is 0.745. The van der Waals surface area contributed by atoms with Crippen molar-refractivity contribution in [1.82, 2.24) is 0 Å². The van der Waals surface area contributed by atoms with Crippen molar-refractivity contribution < 1.29 is 22.7 Å². The van der Waals surface area contributed by atoms with Crippen molar-refractivity contribution in [3.63, 3.8) is 0 Å². The van der Waals surface area contributed by atoms with Gasteiger partial charge in [-0.2, -0.15) is 13.2 Å². The van der Waals surface area contributed by atoms with Crippen molar-refractivity contribution in [3.05, 3.63) is 68.9 Å². The maximum atomic E-state index is 13.3. The molecule has 0 aliphatic carbocycles. The normalized spacial score (nSPS) is 13.3. The van der Waals surface area contributed by atoms with E-state index in [-0.39, 0.29) is 5.56 Å². The topological polar surface area (TPSA) is 20.2 Å². The van der Waals surface area contributed by atoms with Gasteiger partial charge in [0, 0.05) is 4.47 Å². The van der Waals surface area contributed by atoms with Crippen LogP contribution in [-0.2, 0) is 6.18 Å². The molecular weight excluding hydrogens is 352 g/mol. The van der Waals surface area contributed by atoms with E-state index >= 15 is 0 Å². The molecule has 1 N–H and O–H groups in total. The van der Waals surface area contributed by atoms with Gasteiger partial charge in [0.05, 0.1) is 5.56 Å². The Morgan fingerprint density at radius 2 is 1.71 bits per heavy atom. The van der Waals surface area contributed by atoms with Gasteiger partial charge < -0.3 is 5.11 Å². The van der Waals surface area contributed by atoms with E-state index in [2.05, 4.69) is 15.9 Å². The molecule has 2 aromatic carbocycles. The largest absolute Gasteiger partial charge is 0.419 e. The lowest BCUT2D eigenvalue weighted by atomic mass is 9.98. The number of rotatable bonds is 2. The maximum absolute atomic E-state index is 13.3. The highest BCUT2D eigenvalue weighted by Gasteiger charge is 2.34. The van der Waals surface area contributed by atoms with Crippen LogP contribution in [0, 0.1) is 12.7 Å². The molecule has 0 fully saturated rings. The van der Waals surface area contributed by atoms with E-state index in [0.29, 0.717) is 22.2 Å². The zero-order valence-corrected chi connectivity index (χ0v) is 12.5. The predicted octanol–water partition coefficient (Wildman–Crippen LogP) is 5.00. The van der Waals surface area contributed by atoms with Crippen molar-refractivity contribution in [1.29, 1.82) is 0 Å². The Bertz CT molecular complexity index is 647. The lowest BCUT2D eigenvalue weighted by Crippen LogP contribution is -2.10. The van der Waals surface area contributed by atoms with Crippen LogP contribution >= 0.6 is 15.9 Å². The summed E-state index contributed by atoms with van der Waals surface area (Å²) in [7, 11) is 0. The van der Waals surface area contributed by atoms with E-state index in [4.69, 9.17) is 0 Å². The van der Waals surface area contributed by atoms with Crippen molar-refractivity contribution in [2.24, 2.45) is 0 Å². The van der Waals surface area contributed by atoms with Crippen LogP contribution < -0.4 is 0 Å². The number of hydrogen-bond donors (Lipinski definition) is 1. The second kappa shape index (κ2) is 5.77. The Balaban J connectivity index is 2.46. The second-order valence-corrected chi connectivity index (χ2v) is 5.62. The highest BCUT2D eigenvalue weighted by atomic mass is 79.9. The molecule has 21 heavy (non-hydrogen) atoms. The first kappa shape index (κ1) is 16.0. The standard InChI is InChI=1S/C15H11BrF4O/c1-8-4-10(6-11(16)5-8)14(21)9-2-3-13(17)12(7-9)15(18,19)20/h2-7,14,21H,1H3. The maximum Gasteiger partial charge on any atom is 0.419 e. The molecule has 0 spiro atoms. The van der Waals surface area contributed by atoms with Gasteiger partial charge >= 0.3 is 6.18 Å². The lowest BCUT2D eigenvalue weighted by Gasteiger charge is -2.15. The summed E-state index contributed by atoms with van der Waals surface area (Å²) in [4.78, 5) is 0. The highest BCUT2D eigenvalue weighted by molar-refractivity contribution is 9.10. The van der Waals surface area contributed by atoms with Crippen LogP contribution in [0.5, 0.6) is 0 Å². The number of aliphatic hydroxyl groups excluding tert-OH is 1. The van der Waals surface area contributed by atoms with E-state index in [9.17, 15) is 22.7 Å². The number of aryl methyl sites for hydroxylation is 1. The number of alkyl halides is 3. The first-order valence-corrected chi connectivity index (χ1v) is 6.79. The number of hydrogen-bond acceptors (Lipinski definition) is 1. The molecule has 0 amide bonds. The van der Waals surface area contributed by atoms with Crippen molar-refractivity contribution >= 4 is 15.9 Å². The van der Waals surface area contributed by atoms with Crippen molar-refractivity contribution in [2.75, 3.05) is 0 Å². The minimum atomic E-state index is -4.80. The fourth-order valence-electron chi connectivity index (χ4n) is 2.05. The molecule has 1 unspecified atom stereocenters. The molecule has 0 aliphatic rings. The van der Waals surface area contributed by atoms with Crippen LogP contribution in [-0.4, -0.2) is 5.11 Å². The predicted molar refractivity (Wildman–Crippen MR) is 74.3 cm³/mol. The SMILES string of the molecule is Cc1cc(Br)cc(C(O)c2ccc(F)c(C(F)(F)F)c2)c1. The molecule has 0 aromatic heterocycles. The van der Waals surface area contributed by atoms with Crippen LogP contribution in [0.2, 0.25) is 0 Å². The van der Waals surface area contributed by atoms with Gasteiger partial charge in [0.1, 0.15) is 11.9 Å². The first-order chi connectivity index (χ1) is 9.68. The molecule has 0 bridgehead atoms. The van der Waals surface area contributed by atoms with Crippen LogP contribution in [0.4, 0.5) is 17.6 Å². The minimum Gasteiger partial charge on any atom is -0.384 e.